The van der Waals surface area contributed by atoms with Crippen LogP contribution in [-0.4, -0.2) is 18.5 Å². The predicted octanol–water partition coefficient (Wildman–Crippen LogP) is 6.36. The molecule has 0 atom stereocenters. The smallest absolute Gasteiger partial charge is 0.341 e. The Labute approximate surface area is 184 Å². The van der Waals surface area contributed by atoms with E-state index in [2.05, 4.69) is 11.4 Å². The molecule has 156 valence electrons. The van der Waals surface area contributed by atoms with E-state index in [1.54, 1.807) is 6.92 Å². The fourth-order valence-electron chi connectivity index (χ4n) is 4.50. The van der Waals surface area contributed by atoms with Crippen LogP contribution in [0.3, 0.4) is 0 Å². The van der Waals surface area contributed by atoms with Crippen molar-refractivity contribution in [2.75, 3.05) is 11.9 Å². The third-order valence-corrected chi connectivity index (χ3v) is 7.08. The number of anilines is 1. The van der Waals surface area contributed by atoms with E-state index < -0.39 is 0 Å². The first-order valence-corrected chi connectivity index (χ1v) is 11.5. The van der Waals surface area contributed by atoms with E-state index in [-0.39, 0.29) is 11.9 Å². The number of thiophene rings is 1. The molecule has 0 unspecified atom stereocenters. The van der Waals surface area contributed by atoms with E-state index in [0.717, 1.165) is 52.8 Å². The number of carbonyl (C=O) groups excluding carboxylic acids is 2. The predicted molar refractivity (Wildman–Crippen MR) is 126 cm³/mol. The molecule has 1 aliphatic carbocycles. The fraction of sp³-hybridized carbons (Fsp3) is 0.231. The van der Waals surface area contributed by atoms with Gasteiger partial charge in [-0.2, -0.15) is 0 Å². The number of esters is 1. The van der Waals surface area contributed by atoms with E-state index in [0.29, 0.717) is 22.7 Å². The van der Waals surface area contributed by atoms with Crippen LogP contribution >= 0.6 is 11.3 Å². The van der Waals surface area contributed by atoms with E-state index in [9.17, 15) is 9.59 Å². The summed E-state index contributed by atoms with van der Waals surface area (Å²) in [6.07, 6.45) is 3.96. The van der Waals surface area contributed by atoms with Crippen molar-refractivity contribution in [2.24, 2.45) is 0 Å². The lowest BCUT2D eigenvalue weighted by Crippen LogP contribution is -2.16. The molecule has 31 heavy (non-hydrogen) atoms. The maximum absolute atomic E-state index is 13.6. The highest BCUT2D eigenvalue weighted by molar-refractivity contribution is 7.17. The molecule has 4 nitrogen and oxygen atoms in total. The second-order valence-corrected chi connectivity index (χ2v) is 8.89. The number of benzene rings is 3. The fourth-order valence-corrected chi connectivity index (χ4v) is 5.77. The maximum Gasteiger partial charge on any atom is 0.341 e. The van der Waals surface area contributed by atoms with Crippen LogP contribution in [0.25, 0.3) is 21.5 Å². The van der Waals surface area contributed by atoms with Gasteiger partial charge in [0.25, 0.3) is 5.91 Å². The molecule has 0 radical (unpaired) electrons. The summed E-state index contributed by atoms with van der Waals surface area (Å²) in [5.74, 6) is -0.544. The molecule has 0 saturated carbocycles. The molecule has 1 heterocycles. The quantitative estimate of drug-likeness (QED) is 0.303. The molecule has 0 aliphatic heterocycles. The Kier molecular flexibility index (Phi) is 5.20. The van der Waals surface area contributed by atoms with E-state index in [4.69, 9.17) is 4.74 Å². The number of ether oxygens (including phenoxy) is 1. The van der Waals surface area contributed by atoms with Gasteiger partial charge in [0.05, 0.1) is 17.7 Å². The highest BCUT2D eigenvalue weighted by Gasteiger charge is 2.28. The molecule has 1 amide bonds. The monoisotopic (exact) mass is 429 g/mol. The molecule has 1 aliphatic rings. The number of amides is 1. The Morgan fingerprint density at radius 3 is 2.26 bits per heavy atom. The zero-order valence-corrected chi connectivity index (χ0v) is 18.2. The lowest BCUT2D eigenvalue weighted by molar-refractivity contribution is 0.0526. The van der Waals surface area contributed by atoms with Crippen LogP contribution in [0.4, 0.5) is 5.00 Å². The van der Waals surface area contributed by atoms with Crippen LogP contribution < -0.4 is 5.32 Å². The van der Waals surface area contributed by atoms with Gasteiger partial charge in [-0.15, -0.1) is 11.3 Å². The van der Waals surface area contributed by atoms with E-state index in [1.165, 1.54) is 16.2 Å². The molecule has 0 bridgehead atoms. The van der Waals surface area contributed by atoms with Crippen LogP contribution in [-0.2, 0) is 17.6 Å². The van der Waals surface area contributed by atoms with Gasteiger partial charge in [0, 0.05) is 4.88 Å². The Morgan fingerprint density at radius 2 is 1.58 bits per heavy atom. The van der Waals surface area contributed by atoms with Crippen molar-refractivity contribution >= 4 is 49.8 Å². The van der Waals surface area contributed by atoms with Gasteiger partial charge in [-0.25, -0.2) is 4.79 Å². The van der Waals surface area contributed by atoms with Crippen molar-refractivity contribution in [1.82, 2.24) is 0 Å². The number of hydrogen-bond donors (Lipinski definition) is 1. The van der Waals surface area contributed by atoms with Gasteiger partial charge in [0.15, 0.2) is 0 Å². The number of hydrogen-bond acceptors (Lipinski definition) is 4. The SMILES string of the molecule is CCOC(=O)c1c(NC(=O)c2c3ccccc3cc3ccccc23)sc2c1CCCC2. The molecular formula is C26H23NO3S. The average Bonchev–Trinajstić information content (AvgIpc) is 3.15. The Hall–Kier alpha value is -3.18. The number of aryl methyl sites for hydroxylation is 1. The largest absolute Gasteiger partial charge is 0.462 e. The number of fused-ring (bicyclic) bond motifs is 3. The summed E-state index contributed by atoms with van der Waals surface area (Å²) in [5.41, 5.74) is 2.22. The first-order chi connectivity index (χ1) is 15.2. The van der Waals surface area contributed by atoms with Gasteiger partial charge in [0.2, 0.25) is 0 Å². The van der Waals surface area contributed by atoms with Crippen molar-refractivity contribution in [3.8, 4) is 0 Å². The summed E-state index contributed by atoms with van der Waals surface area (Å²) in [6, 6.07) is 17.9. The number of carbonyl (C=O) groups is 2. The third-order valence-electron chi connectivity index (χ3n) is 5.88. The minimum absolute atomic E-state index is 0.197. The summed E-state index contributed by atoms with van der Waals surface area (Å²) in [6.45, 7) is 2.11. The molecule has 0 fully saturated rings. The first kappa shape index (κ1) is 19.8. The highest BCUT2D eigenvalue weighted by Crippen LogP contribution is 2.39. The molecule has 0 saturated heterocycles. The van der Waals surface area contributed by atoms with E-state index in [1.807, 2.05) is 48.5 Å². The second-order valence-electron chi connectivity index (χ2n) is 7.78. The van der Waals surface area contributed by atoms with Crippen LogP contribution in [0.1, 0.15) is 50.9 Å². The normalized spacial score (nSPS) is 13.2. The van der Waals surface area contributed by atoms with Crippen LogP contribution in [0, 0.1) is 0 Å². The lowest BCUT2D eigenvalue weighted by Gasteiger charge is -2.13. The van der Waals surface area contributed by atoms with Crippen LogP contribution in [0.2, 0.25) is 0 Å². The summed E-state index contributed by atoms with van der Waals surface area (Å²) >= 11 is 1.52. The van der Waals surface area contributed by atoms with E-state index >= 15 is 0 Å². The molecule has 4 aromatic rings. The van der Waals surface area contributed by atoms with Gasteiger partial charge in [-0.1, -0.05) is 48.5 Å². The van der Waals surface area contributed by atoms with Crippen molar-refractivity contribution in [3.05, 3.63) is 76.2 Å². The average molecular weight is 430 g/mol. The molecular weight excluding hydrogens is 406 g/mol. The van der Waals surface area contributed by atoms with Gasteiger partial charge in [-0.3, -0.25) is 4.79 Å². The molecule has 0 spiro atoms. The molecule has 5 rings (SSSR count). The second kappa shape index (κ2) is 8.16. The number of nitrogens with one attached hydrogen (secondary N) is 1. The van der Waals surface area contributed by atoms with Crippen molar-refractivity contribution < 1.29 is 14.3 Å². The third kappa shape index (κ3) is 3.49. The zero-order chi connectivity index (χ0) is 21.4. The Morgan fingerprint density at radius 1 is 0.935 bits per heavy atom. The van der Waals surface area contributed by atoms with Crippen LogP contribution in [0.5, 0.6) is 0 Å². The first-order valence-electron chi connectivity index (χ1n) is 10.7. The summed E-state index contributed by atoms with van der Waals surface area (Å²) < 4.78 is 5.34. The van der Waals surface area contributed by atoms with Gasteiger partial charge >= 0.3 is 5.97 Å². The number of rotatable bonds is 4. The Bertz CT molecular complexity index is 1270. The van der Waals surface area contributed by atoms with Gasteiger partial charge in [-0.05, 0) is 65.8 Å². The summed E-state index contributed by atoms with van der Waals surface area (Å²) in [7, 11) is 0. The van der Waals surface area contributed by atoms with Gasteiger partial charge in [0.1, 0.15) is 5.00 Å². The topological polar surface area (TPSA) is 55.4 Å². The zero-order valence-electron chi connectivity index (χ0n) is 17.4. The van der Waals surface area contributed by atoms with Crippen molar-refractivity contribution in [3.63, 3.8) is 0 Å². The molecule has 5 heteroatoms. The van der Waals surface area contributed by atoms with Gasteiger partial charge < -0.3 is 10.1 Å². The molecule has 1 N–H and O–H groups in total. The standard InChI is InChI=1S/C26H23NO3S/c1-2-30-26(29)23-20-13-7-8-14-21(20)31-25(23)27-24(28)22-18-11-5-3-9-16(18)15-17-10-4-6-12-19(17)22/h3-6,9-12,15H,2,7-8,13-14H2,1H3,(H,27,28). The highest BCUT2D eigenvalue weighted by atomic mass is 32.1. The van der Waals surface area contributed by atoms with Crippen molar-refractivity contribution in [1.29, 1.82) is 0 Å². The summed E-state index contributed by atoms with van der Waals surface area (Å²) in [4.78, 5) is 27.6. The molecule has 1 aromatic heterocycles. The minimum atomic E-state index is -0.347. The minimum Gasteiger partial charge on any atom is -0.462 e. The summed E-state index contributed by atoms with van der Waals surface area (Å²) in [5, 5.41) is 7.52. The maximum atomic E-state index is 13.6. The molecule has 3 aromatic carbocycles. The van der Waals surface area contributed by atoms with Crippen molar-refractivity contribution in [2.45, 2.75) is 32.6 Å². The lowest BCUT2D eigenvalue weighted by atomic mass is 9.95. The van der Waals surface area contributed by atoms with Crippen LogP contribution in [0.15, 0.2) is 54.6 Å². The Balaban J connectivity index is 1.64.